The topological polar surface area (TPSA) is 58.1 Å². The molecule has 1 heterocycles. The van der Waals surface area contributed by atoms with Crippen molar-refractivity contribution in [3.05, 3.63) is 35.4 Å². The van der Waals surface area contributed by atoms with Crippen molar-refractivity contribution in [2.45, 2.75) is 39.5 Å². The fourth-order valence-corrected chi connectivity index (χ4v) is 2.69. The van der Waals surface area contributed by atoms with Crippen LogP contribution in [0.2, 0.25) is 0 Å². The van der Waals surface area contributed by atoms with E-state index in [9.17, 15) is 0 Å². The number of hydrogen-bond acceptors (Lipinski definition) is 4. The van der Waals surface area contributed by atoms with Crippen LogP contribution >= 0.6 is 24.0 Å². The molecule has 1 aliphatic heterocycles. The molecular formula is C20H35IN4O2. The smallest absolute Gasteiger partial charge is 0.191 e. The first-order chi connectivity index (χ1) is 12.5. The van der Waals surface area contributed by atoms with Gasteiger partial charge in [-0.05, 0) is 31.9 Å². The Kier molecular flexibility index (Phi) is 11.2. The van der Waals surface area contributed by atoms with E-state index < -0.39 is 0 Å². The van der Waals surface area contributed by atoms with Gasteiger partial charge in [0.25, 0.3) is 0 Å². The number of benzene rings is 1. The summed E-state index contributed by atoms with van der Waals surface area (Å²) < 4.78 is 11.2. The second kappa shape index (κ2) is 12.5. The minimum atomic E-state index is -0.124. The van der Waals surface area contributed by atoms with Crippen LogP contribution in [0.4, 0.5) is 0 Å². The van der Waals surface area contributed by atoms with Gasteiger partial charge >= 0.3 is 0 Å². The number of morpholine rings is 1. The molecule has 0 spiro atoms. The SMILES string of the molecule is CN=C(NCCN1CCOCC1)NCc1cccc(COC(C)(C)C)c1.I. The third-order valence-corrected chi connectivity index (χ3v) is 4.17. The number of aliphatic imine (C=N–C) groups is 1. The molecule has 0 bridgehead atoms. The van der Waals surface area contributed by atoms with Gasteiger partial charge in [-0.3, -0.25) is 9.89 Å². The van der Waals surface area contributed by atoms with Crippen LogP contribution in [-0.4, -0.2) is 62.9 Å². The first-order valence-electron chi connectivity index (χ1n) is 9.43. The van der Waals surface area contributed by atoms with Crippen LogP contribution in [0.1, 0.15) is 31.9 Å². The molecule has 0 amide bonds. The molecule has 1 aromatic carbocycles. The van der Waals surface area contributed by atoms with Crippen LogP contribution in [0, 0.1) is 0 Å². The Morgan fingerprint density at radius 3 is 2.56 bits per heavy atom. The van der Waals surface area contributed by atoms with Gasteiger partial charge in [0, 0.05) is 39.8 Å². The summed E-state index contributed by atoms with van der Waals surface area (Å²) in [6.45, 7) is 13.2. The van der Waals surface area contributed by atoms with Gasteiger partial charge in [0.15, 0.2) is 5.96 Å². The van der Waals surface area contributed by atoms with Crippen LogP contribution in [0.5, 0.6) is 0 Å². The first-order valence-corrected chi connectivity index (χ1v) is 9.43. The van der Waals surface area contributed by atoms with Crippen molar-refractivity contribution in [3.8, 4) is 0 Å². The molecular weight excluding hydrogens is 455 g/mol. The molecule has 2 N–H and O–H groups in total. The van der Waals surface area contributed by atoms with E-state index in [0.29, 0.717) is 6.61 Å². The van der Waals surface area contributed by atoms with Gasteiger partial charge in [-0.1, -0.05) is 24.3 Å². The predicted molar refractivity (Wildman–Crippen MR) is 122 cm³/mol. The first kappa shape index (κ1) is 24.1. The highest BCUT2D eigenvalue weighted by atomic mass is 127. The number of rotatable bonds is 7. The van der Waals surface area contributed by atoms with Gasteiger partial charge < -0.3 is 20.1 Å². The third-order valence-electron chi connectivity index (χ3n) is 4.17. The zero-order valence-electron chi connectivity index (χ0n) is 17.1. The van der Waals surface area contributed by atoms with Crippen molar-refractivity contribution in [3.63, 3.8) is 0 Å². The zero-order chi connectivity index (χ0) is 18.8. The highest BCUT2D eigenvalue weighted by Crippen LogP contribution is 2.13. The average Bonchev–Trinajstić information content (AvgIpc) is 2.63. The van der Waals surface area contributed by atoms with E-state index in [-0.39, 0.29) is 29.6 Å². The molecule has 0 saturated carbocycles. The Labute approximate surface area is 181 Å². The third kappa shape index (κ3) is 10.3. The molecule has 154 valence electrons. The maximum absolute atomic E-state index is 5.86. The lowest BCUT2D eigenvalue weighted by Crippen LogP contribution is -2.44. The molecule has 7 heteroatoms. The molecule has 2 rings (SSSR count). The van der Waals surface area contributed by atoms with Gasteiger partial charge in [0.2, 0.25) is 0 Å². The van der Waals surface area contributed by atoms with E-state index >= 15 is 0 Å². The molecule has 0 aromatic heterocycles. The molecule has 1 aliphatic rings. The highest BCUT2D eigenvalue weighted by Gasteiger charge is 2.11. The highest BCUT2D eigenvalue weighted by molar-refractivity contribution is 14.0. The Morgan fingerprint density at radius 2 is 1.89 bits per heavy atom. The Morgan fingerprint density at radius 1 is 1.19 bits per heavy atom. The van der Waals surface area contributed by atoms with E-state index in [1.807, 2.05) is 0 Å². The number of nitrogens with one attached hydrogen (secondary N) is 2. The fraction of sp³-hybridized carbons (Fsp3) is 0.650. The minimum absolute atomic E-state index is 0. The molecule has 6 nitrogen and oxygen atoms in total. The van der Waals surface area contributed by atoms with Crippen LogP contribution < -0.4 is 10.6 Å². The molecule has 1 fully saturated rings. The van der Waals surface area contributed by atoms with Crippen molar-refractivity contribution in [1.29, 1.82) is 0 Å². The van der Waals surface area contributed by atoms with Crippen LogP contribution in [0.15, 0.2) is 29.3 Å². The zero-order valence-corrected chi connectivity index (χ0v) is 19.4. The molecule has 1 aromatic rings. The number of hydrogen-bond donors (Lipinski definition) is 2. The molecule has 0 atom stereocenters. The summed E-state index contributed by atoms with van der Waals surface area (Å²) in [5.41, 5.74) is 2.28. The molecule has 0 aliphatic carbocycles. The monoisotopic (exact) mass is 490 g/mol. The lowest BCUT2D eigenvalue weighted by Gasteiger charge is -2.26. The summed E-state index contributed by atoms with van der Waals surface area (Å²) in [4.78, 5) is 6.71. The van der Waals surface area contributed by atoms with Crippen molar-refractivity contribution in [1.82, 2.24) is 15.5 Å². The number of ether oxygens (including phenoxy) is 2. The molecule has 0 unspecified atom stereocenters. The van der Waals surface area contributed by atoms with Crippen molar-refractivity contribution in [2.75, 3.05) is 46.4 Å². The molecule has 27 heavy (non-hydrogen) atoms. The Balaban J connectivity index is 0.00000364. The fourth-order valence-electron chi connectivity index (χ4n) is 2.69. The Hall–Kier alpha value is -0.900. The van der Waals surface area contributed by atoms with Crippen LogP contribution in [0.3, 0.4) is 0 Å². The second-order valence-electron chi connectivity index (χ2n) is 7.53. The van der Waals surface area contributed by atoms with Crippen LogP contribution in [0.25, 0.3) is 0 Å². The van der Waals surface area contributed by atoms with Crippen molar-refractivity contribution >= 4 is 29.9 Å². The summed E-state index contributed by atoms with van der Waals surface area (Å²) >= 11 is 0. The summed E-state index contributed by atoms with van der Waals surface area (Å²) in [5, 5.41) is 6.76. The summed E-state index contributed by atoms with van der Waals surface area (Å²) in [7, 11) is 1.80. The second-order valence-corrected chi connectivity index (χ2v) is 7.53. The normalized spacial score (nSPS) is 15.9. The largest absolute Gasteiger partial charge is 0.379 e. The number of halogens is 1. The molecule has 1 saturated heterocycles. The summed E-state index contributed by atoms with van der Waals surface area (Å²) in [5.74, 6) is 0.828. The van der Waals surface area contributed by atoms with Gasteiger partial charge in [-0.15, -0.1) is 24.0 Å². The van der Waals surface area contributed by atoms with Gasteiger partial charge in [0.1, 0.15) is 0 Å². The quantitative estimate of drug-likeness (QED) is 0.350. The van der Waals surface area contributed by atoms with Crippen molar-refractivity contribution in [2.24, 2.45) is 4.99 Å². The number of nitrogens with zero attached hydrogens (tertiary/aromatic N) is 2. The maximum atomic E-state index is 5.86. The predicted octanol–water partition coefficient (Wildman–Crippen LogP) is 2.62. The van der Waals surface area contributed by atoms with Gasteiger partial charge in [0.05, 0.1) is 25.4 Å². The molecule has 0 radical (unpaired) electrons. The van der Waals surface area contributed by atoms with Gasteiger partial charge in [-0.2, -0.15) is 0 Å². The van der Waals surface area contributed by atoms with E-state index in [2.05, 4.69) is 65.6 Å². The minimum Gasteiger partial charge on any atom is -0.379 e. The van der Waals surface area contributed by atoms with Gasteiger partial charge in [-0.25, -0.2) is 0 Å². The summed E-state index contributed by atoms with van der Waals surface area (Å²) in [6, 6.07) is 8.48. The van der Waals surface area contributed by atoms with E-state index in [4.69, 9.17) is 9.47 Å². The summed E-state index contributed by atoms with van der Waals surface area (Å²) in [6.07, 6.45) is 0. The number of guanidine groups is 1. The lowest BCUT2D eigenvalue weighted by molar-refractivity contribution is -0.0149. The Bertz CT molecular complexity index is 569. The van der Waals surface area contributed by atoms with E-state index in [0.717, 1.165) is 51.9 Å². The van der Waals surface area contributed by atoms with E-state index in [1.54, 1.807) is 7.05 Å². The average molecular weight is 490 g/mol. The van der Waals surface area contributed by atoms with E-state index in [1.165, 1.54) is 11.1 Å². The van der Waals surface area contributed by atoms with Crippen molar-refractivity contribution < 1.29 is 9.47 Å². The maximum Gasteiger partial charge on any atom is 0.191 e. The standard InChI is InChI=1S/C20H34N4O2.HI/c1-20(2,3)26-16-18-7-5-6-17(14-18)15-23-19(21-4)22-8-9-24-10-12-25-13-11-24;/h5-7,14H,8-13,15-16H2,1-4H3,(H2,21,22,23);1H. The van der Waals surface area contributed by atoms with Crippen LogP contribution in [-0.2, 0) is 22.6 Å². The lowest BCUT2D eigenvalue weighted by atomic mass is 10.1.